The number of benzene rings is 3. The summed E-state index contributed by atoms with van der Waals surface area (Å²) < 4.78 is 13.8. The van der Waals surface area contributed by atoms with Crippen LogP contribution in [0.3, 0.4) is 0 Å². The first-order valence-electron chi connectivity index (χ1n) is 12.4. The van der Waals surface area contributed by atoms with Gasteiger partial charge in [0.25, 0.3) is 5.56 Å². The quantitative estimate of drug-likeness (QED) is 0.211. The minimum absolute atomic E-state index is 0.115. The van der Waals surface area contributed by atoms with Gasteiger partial charge in [0.15, 0.2) is 5.82 Å². The lowest BCUT2D eigenvalue weighted by atomic mass is 9.96. The molecule has 7 heteroatoms. The Balaban J connectivity index is 1.87. The maximum absolute atomic E-state index is 13.6. The first kappa shape index (κ1) is 26.6. The third kappa shape index (κ3) is 5.62. The van der Waals surface area contributed by atoms with Gasteiger partial charge in [-0.1, -0.05) is 32.9 Å². The van der Waals surface area contributed by atoms with Crippen molar-refractivity contribution < 1.29 is 9.47 Å². The molecule has 0 amide bonds. The predicted molar refractivity (Wildman–Crippen MR) is 154 cm³/mol. The Bertz CT molecular complexity index is 1530. The van der Waals surface area contributed by atoms with E-state index in [9.17, 15) is 4.79 Å². The molecule has 1 atom stereocenters. The van der Waals surface area contributed by atoms with E-state index in [1.165, 1.54) is 4.68 Å². The predicted octanol–water partition coefficient (Wildman–Crippen LogP) is 7.33. The normalized spacial score (nSPS) is 12.4. The second-order valence-corrected chi connectivity index (χ2v) is 10.3. The van der Waals surface area contributed by atoms with Crippen molar-refractivity contribution in [3.63, 3.8) is 0 Å². The Morgan fingerprint density at radius 2 is 1.84 bits per heavy atom. The summed E-state index contributed by atoms with van der Waals surface area (Å²) >= 11 is 3.59. The number of hydrogen-bond acceptors (Lipinski definition) is 5. The summed E-state index contributed by atoms with van der Waals surface area (Å²) in [5.41, 5.74) is 4.05. The van der Waals surface area contributed by atoms with Gasteiger partial charge in [0.2, 0.25) is 0 Å². The van der Waals surface area contributed by atoms with Crippen LogP contribution < -0.4 is 15.0 Å². The Labute approximate surface area is 226 Å². The molecule has 0 spiro atoms. The van der Waals surface area contributed by atoms with Crippen molar-refractivity contribution in [1.82, 2.24) is 9.66 Å². The SMILES string of the molecule is CC[C@H](C)Oc1ccc(C=Nn2c(-c3cc(C(C)C)c(OC)cc3C)nc3ccccc3c2=O)cc1Br. The fraction of sp³-hybridized carbons (Fsp3) is 0.300. The highest BCUT2D eigenvalue weighted by atomic mass is 79.9. The summed E-state index contributed by atoms with van der Waals surface area (Å²) in [7, 11) is 1.67. The van der Waals surface area contributed by atoms with E-state index in [4.69, 9.17) is 14.5 Å². The monoisotopic (exact) mass is 561 g/mol. The molecule has 0 bridgehead atoms. The fourth-order valence-electron chi connectivity index (χ4n) is 4.09. The molecule has 0 radical (unpaired) electrons. The molecule has 0 N–H and O–H groups in total. The number of nitrogens with zero attached hydrogens (tertiary/aromatic N) is 3. The van der Waals surface area contributed by atoms with Crippen molar-refractivity contribution in [2.75, 3.05) is 7.11 Å². The molecule has 0 fully saturated rings. The molecule has 0 unspecified atom stereocenters. The smallest absolute Gasteiger partial charge is 0.282 e. The molecule has 192 valence electrons. The van der Waals surface area contributed by atoms with Crippen molar-refractivity contribution in [2.45, 2.75) is 53.1 Å². The number of rotatable bonds is 8. The Hall–Kier alpha value is -3.45. The highest BCUT2D eigenvalue weighted by Crippen LogP contribution is 2.34. The number of aromatic nitrogens is 2. The first-order valence-corrected chi connectivity index (χ1v) is 13.2. The molecule has 6 nitrogen and oxygen atoms in total. The van der Waals surface area contributed by atoms with Crippen LogP contribution in [0.15, 0.2) is 69.0 Å². The van der Waals surface area contributed by atoms with Gasteiger partial charge in [0, 0.05) is 5.56 Å². The number of para-hydroxylation sites is 1. The molecule has 37 heavy (non-hydrogen) atoms. The van der Waals surface area contributed by atoms with Crippen molar-refractivity contribution in [2.24, 2.45) is 5.10 Å². The van der Waals surface area contributed by atoms with Gasteiger partial charge in [-0.15, -0.1) is 0 Å². The lowest BCUT2D eigenvalue weighted by Crippen LogP contribution is -2.20. The molecule has 1 aromatic heterocycles. The third-order valence-electron chi connectivity index (χ3n) is 6.37. The topological polar surface area (TPSA) is 65.7 Å². The van der Waals surface area contributed by atoms with E-state index in [1.807, 2.05) is 56.3 Å². The molecule has 0 aliphatic rings. The van der Waals surface area contributed by atoms with Crippen molar-refractivity contribution in [1.29, 1.82) is 0 Å². The highest BCUT2D eigenvalue weighted by molar-refractivity contribution is 9.10. The second-order valence-electron chi connectivity index (χ2n) is 9.40. The van der Waals surface area contributed by atoms with Crippen molar-refractivity contribution >= 4 is 33.0 Å². The van der Waals surface area contributed by atoms with E-state index in [0.717, 1.165) is 44.6 Å². The zero-order valence-corrected chi connectivity index (χ0v) is 23.7. The summed E-state index contributed by atoms with van der Waals surface area (Å²) in [5.74, 6) is 2.30. The van der Waals surface area contributed by atoms with Crippen molar-refractivity contribution in [3.05, 3.63) is 86.1 Å². The van der Waals surface area contributed by atoms with Crippen LogP contribution in [0.4, 0.5) is 0 Å². The first-order chi connectivity index (χ1) is 17.7. The van der Waals surface area contributed by atoms with Gasteiger partial charge in [0.05, 0.1) is 34.8 Å². The zero-order valence-electron chi connectivity index (χ0n) is 22.1. The van der Waals surface area contributed by atoms with Crippen LogP contribution in [-0.4, -0.2) is 29.1 Å². The largest absolute Gasteiger partial charge is 0.496 e. The average Bonchev–Trinajstić information content (AvgIpc) is 2.89. The van der Waals surface area contributed by atoms with Gasteiger partial charge in [-0.3, -0.25) is 4.79 Å². The summed E-state index contributed by atoms with van der Waals surface area (Å²) in [6, 6.07) is 17.1. The average molecular weight is 563 g/mol. The van der Waals surface area contributed by atoms with E-state index >= 15 is 0 Å². The van der Waals surface area contributed by atoms with Crippen LogP contribution >= 0.6 is 15.9 Å². The zero-order chi connectivity index (χ0) is 26.7. The summed E-state index contributed by atoms with van der Waals surface area (Å²) in [6.45, 7) is 10.3. The fourth-order valence-corrected chi connectivity index (χ4v) is 4.58. The van der Waals surface area contributed by atoms with Gasteiger partial charge in [-0.05, 0) is 101 Å². The van der Waals surface area contributed by atoms with Crippen LogP contribution in [0.5, 0.6) is 11.5 Å². The molecule has 0 aliphatic heterocycles. The third-order valence-corrected chi connectivity index (χ3v) is 6.99. The van der Waals surface area contributed by atoms with Gasteiger partial charge >= 0.3 is 0 Å². The second kappa shape index (κ2) is 11.3. The molecule has 0 saturated heterocycles. The summed E-state index contributed by atoms with van der Waals surface area (Å²) in [5, 5.41) is 5.14. The number of halogens is 1. The standard InChI is InChI=1S/C30H32BrN3O3/c1-7-20(5)37-27-13-12-21(15-25(27)31)17-32-34-29(33-26-11-9-8-10-22(26)30(34)35)24-16-23(18(2)3)28(36-6)14-19(24)4/h8-18,20H,7H2,1-6H3/t20-/m0/s1. The molecule has 1 heterocycles. The molecular formula is C30H32BrN3O3. The molecule has 4 aromatic rings. The number of ether oxygens (including phenoxy) is 2. The maximum atomic E-state index is 13.6. The lowest BCUT2D eigenvalue weighted by molar-refractivity contribution is 0.216. The Kier molecular flexibility index (Phi) is 8.13. The summed E-state index contributed by atoms with van der Waals surface area (Å²) in [4.78, 5) is 18.5. The number of aryl methyl sites for hydroxylation is 1. The number of hydrogen-bond donors (Lipinski definition) is 0. The van der Waals surface area contributed by atoms with E-state index in [-0.39, 0.29) is 17.6 Å². The minimum atomic E-state index is -0.228. The van der Waals surface area contributed by atoms with E-state index in [0.29, 0.717) is 16.7 Å². The van der Waals surface area contributed by atoms with Gasteiger partial charge in [-0.2, -0.15) is 9.78 Å². The minimum Gasteiger partial charge on any atom is -0.496 e. The van der Waals surface area contributed by atoms with Crippen LogP contribution in [-0.2, 0) is 0 Å². The van der Waals surface area contributed by atoms with E-state index in [1.54, 1.807) is 19.4 Å². The van der Waals surface area contributed by atoms with Crippen LogP contribution in [0.2, 0.25) is 0 Å². The molecular weight excluding hydrogens is 530 g/mol. The van der Waals surface area contributed by atoms with Crippen LogP contribution in [0.25, 0.3) is 22.3 Å². The number of fused-ring (bicyclic) bond motifs is 1. The van der Waals surface area contributed by atoms with Gasteiger partial charge < -0.3 is 9.47 Å². The van der Waals surface area contributed by atoms with Gasteiger partial charge in [0.1, 0.15) is 11.5 Å². The maximum Gasteiger partial charge on any atom is 0.282 e. The van der Waals surface area contributed by atoms with E-state index in [2.05, 4.69) is 47.9 Å². The Morgan fingerprint density at radius 3 is 2.51 bits per heavy atom. The van der Waals surface area contributed by atoms with E-state index < -0.39 is 0 Å². The molecule has 4 rings (SSSR count). The number of methoxy groups -OCH3 is 1. The highest BCUT2D eigenvalue weighted by Gasteiger charge is 2.18. The van der Waals surface area contributed by atoms with Crippen LogP contribution in [0, 0.1) is 6.92 Å². The van der Waals surface area contributed by atoms with Crippen molar-refractivity contribution in [3.8, 4) is 22.9 Å². The molecule has 3 aromatic carbocycles. The Morgan fingerprint density at radius 1 is 1.08 bits per heavy atom. The van der Waals surface area contributed by atoms with Crippen LogP contribution in [0.1, 0.15) is 56.7 Å². The molecule has 0 aliphatic carbocycles. The van der Waals surface area contributed by atoms with Gasteiger partial charge in [-0.25, -0.2) is 4.98 Å². The molecule has 0 saturated carbocycles. The summed E-state index contributed by atoms with van der Waals surface area (Å²) in [6.07, 6.45) is 2.70. The lowest BCUT2D eigenvalue weighted by Gasteiger charge is -2.17.